The van der Waals surface area contributed by atoms with Crippen molar-refractivity contribution in [2.24, 2.45) is 10.9 Å². The van der Waals surface area contributed by atoms with Crippen LogP contribution in [0.25, 0.3) is 10.9 Å². The zero-order chi connectivity index (χ0) is 13.8. The summed E-state index contributed by atoms with van der Waals surface area (Å²) in [6, 6.07) is 10.1. The van der Waals surface area contributed by atoms with Crippen LogP contribution in [-0.4, -0.2) is 29.1 Å². The number of hydrogen-bond acceptors (Lipinski definition) is 4. The van der Waals surface area contributed by atoms with Gasteiger partial charge in [-0.2, -0.15) is 0 Å². The van der Waals surface area contributed by atoms with Gasteiger partial charge in [0.1, 0.15) is 5.84 Å². The summed E-state index contributed by atoms with van der Waals surface area (Å²) in [5.41, 5.74) is 7.61. The number of hydrogen-bond donors (Lipinski definition) is 2. The summed E-state index contributed by atoms with van der Waals surface area (Å²) in [5.74, 6) is 0.234. The number of nitrogens with zero attached hydrogens (tertiary/aromatic N) is 3. The van der Waals surface area contributed by atoms with E-state index < -0.39 is 0 Å². The molecule has 1 unspecified atom stereocenters. The van der Waals surface area contributed by atoms with Crippen molar-refractivity contribution in [3.63, 3.8) is 0 Å². The largest absolute Gasteiger partial charge is 0.409 e. The van der Waals surface area contributed by atoms with Gasteiger partial charge >= 0.3 is 0 Å². The molecule has 100 valence electrons. The third-order valence-electron chi connectivity index (χ3n) is 3.30. The second kappa shape index (κ2) is 5.56. The predicted octanol–water partition coefficient (Wildman–Crippen LogP) is 2.20. The maximum absolute atomic E-state index is 8.64. The lowest BCUT2D eigenvalue weighted by Crippen LogP contribution is -2.33. The molecule has 0 saturated carbocycles. The van der Waals surface area contributed by atoms with Crippen LogP contribution in [0.15, 0.2) is 41.7 Å². The Kier molecular flexibility index (Phi) is 3.85. The third kappa shape index (κ3) is 2.76. The molecule has 0 radical (unpaired) electrons. The molecule has 0 saturated heterocycles. The fourth-order valence-electron chi connectivity index (χ4n) is 2.11. The van der Waals surface area contributed by atoms with E-state index in [4.69, 9.17) is 10.9 Å². The average molecular weight is 258 g/mol. The fourth-order valence-corrected chi connectivity index (χ4v) is 2.11. The van der Waals surface area contributed by atoms with Crippen molar-refractivity contribution in [3.05, 3.63) is 36.5 Å². The van der Waals surface area contributed by atoms with Gasteiger partial charge < -0.3 is 15.8 Å². The van der Waals surface area contributed by atoms with E-state index >= 15 is 0 Å². The lowest BCUT2D eigenvalue weighted by atomic mass is 10.1. The van der Waals surface area contributed by atoms with E-state index in [2.05, 4.69) is 15.0 Å². The van der Waals surface area contributed by atoms with Gasteiger partial charge in [-0.1, -0.05) is 23.4 Å². The SMILES string of the molecule is CC(CC(N)=NO)N(C)c1ccnc2ccccc12. The Labute approximate surface area is 112 Å². The highest BCUT2D eigenvalue weighted by Gasteiger charge is 2.14. The molecule has 2 aromatic rings. The molecule has 0 spiro atoms. The van der Waals surface area contributed by atoms with Crippen molar-refractivity contribution in [1.29, 1.82) is 0 Å². The first kappa shape index (κ1) is 13.1. The zero-order valence-corrected chi connectivity index (χ0v) is 11.1. The smallest absolute Gasteiger partial charge is 0.141 e. The Morgan fingerprint density at radius 3 is 2.89 bits per heavy atom. The monoisotopic (exact) mass is 258 g/mol. The summed E-state index contributed by atoms with van der Waals surface area (Å²) >= 11 is 0. The Bertz CT molecular complexity index is 592. The van der Waals surface area contributed by atoms with Crippen molar-refractivity contribution < 1.29 is 5.21 Å². The Morgan fingerprint density at radius 1 is 1.42 bits per heavy atom. The van der Waals surface area contributed by atoms with Crippen LogP contribution in [0, 0.1) is 0 Å². The lowest BCUT2D eigenvalue weighted by molar-refractivity contribution is 0.316. The Morgan fingerprint density at radius 2 is 2.16 bits per heavy atom. The minimum atomic E-state index is 0.127. The highest BCUT2D eigenvalue weighted by atomic mass is 16.4. The maximum Gasteiger partial charge on any atom is 0.141 e. The van der Waals surface area contributed by atoms with Crippen molar-refractivity contribution in [3.8, 4) is 0 Å². The topological polar surface area (TPSA) is 74.7 Å². The predicted molar refractivity (Wildman–Crippen MR) is 77.6 cm³/mol. The lowest BCUT2D eigenvalue weighted by Gasteiger charge is -2.27. The standard InChI is InChI=1S/C14H18N4O/c1-10(9-14(15)17-19)18(2)13-7-8-16-12-6-4-3-5-11(12)13/h3-8,10,19H,9H2,1-2H3,(H2,15,17). The number of pyridine rings is 1. The summed E-state index contributed by atoms with van der Waals surface area (Å²) in [6.07, 6.45) is 2.30. The van der Waals surface area contributed by atoms with Crippen LogP contribution in [0.1, 0.15) is 13.3 Å². The number of benzene rings is 1. The van der Waals surface area contributed by atoms with Crippen LogP contribution in [0.3, 0.4) is 0 Å². The summed E-state index contributed by atoms with van der Waals surface area (Å²) in [5, 5.41) is 12.8. The molecular formula is C14H18N4O. The van der Waals surface area contributed by atoms with Crippen LogP contribution in [0.5, 0.6) is 0 Å². The fraction of sp³-hybridized carbons (Fsp3) is 0.286. The number of aromatic nitrogens is 1. The molecule has 0 aliphatic heterocycles. The highest BCUT2D eigenvalue weighted by molar-refractivity contribution is 5.91. The average Bonchev–Trinajstić information content (AvgIpc) is 2.45. The van der Waals surface area contributed by atoms with E-state index in [1.807, 2.05) is 44.3 Å². The molecule has 5 nitrogen and oxygen atoms in total. The molecule has 0 amide bonds. The summed E-state index contributed by atoms with van der Waals surface area (Å²) in [7, 11) is 2.00. The first-order valence-corrected chi connectivity index (χ1v) is 6.16. The molecule has 0 aliphatic rings. The quantitative estimate of drug-likeness (QED) is 0.381. The number of nitrogens with two attached hydrogens (primary N) is 1. The number of rotatable bonds is 4. The number of amidine groups is 1. The van der Waals surface area contributed by atoms with Crippen molar-refractivity contribution in [1.82, 2.24) is 4.98 Å². The van der Waals surface area contributed by atoms with Gasteiger partial charge in [-0.25, -0.2) is 0 Å². The first-order chi connectivity index (χ1) is 9.13. The number of fused-ring (bicyclic) bond motifs is 1. The summed E-state index contributed by atoms with van der Waals surface area (Å²) in [6.45, 7) is 2.03. The van der Waals surface area contributed by atoms with E-state index in [9.17, 15) is 0 Å². The molecule has 1 atom stereocenters. The van der Waals surface area contributed by atoms with Crippen LogP contribution >= 0.6 is 0 Å². The minimum absolute atomic E-state index is 0.127. The van der Waals surface area contributed by atoms with Gasteiger partial charge in [0.05, 0.1) is 5.52 Å². The van der Waals surface area contributed by atoms with E-state index in [-0.39, 0.29) is 11.9 Å². The van der Waals surface area contributed by atoms with Gasteiger partial charge in [-0.3, -0.25) is 4.98 Å². The summed E-state index contributed by atoms with van der Waals surface area (Å²) < 4.78 is 0. The van der Waals surface area contributed by atoms with E-state index in [1.165, 1.54) is 0 Å². The van der Waals surface area contributed by atoms with Crippen molar-refractivity contribution >= 4 is 22.4 Å². The molecule has 19 heavy (non-hydrogen) atoms. The molecule has 1 heterocycles. The number of oxime groups is 1. The highest BCUT2D eigenvalue weighted by Crippen LogP contribution is 2.26. The Balaban J connectivity index is 2.33. The van der Waals surface area contributed by atoms with Gasteiger partial charge in [0.15, 0.2) is 0 Å². The van der Waals surface area contributed by atoms with E-state index in [1.54, 1.807) is 6.20 Å². The molecular weight excluding hydrogens is 240 g/mol. The molecule has 1 aromatic heterocycles. The number of anilines is 1. The van der Waals surface area contributed by atoms with E-state index in [0.29, 0.717) is 6.42 Å². The van der Waals surface area contributed by atoms with Crippen LogP contribution in [-0.2, 0) is 0 Å². The molecule has 0 aliphatic carbocycles. The minimum Gasteiger partial charge on any atom is -0.409 e. The molecule has 0 fully saturated rings. The molecule has 5 heteroatoms. The zero-order valence-electron chi connectivity index (χ0n) is 11.1. The third-order valence-corrected chi connectivity index (χ3v) is 3.30. The molecule has 1 aromatic carbocycles. The van der Waals surface area contributed by atoms with Crippen LogP contribution in [0.2, 0.25) is 0 Å². The van der Waals surface area contributed by atoms with Gasteiger partial charge in [-0.15, -0.1) is 0 Å². The maximum atomic E-state index is 8.64. The molecule has 3 N–H and O–H groups in total. The van der Waals surface area contributed by atoms with Gasteiger partial charge in [0, 0.05) is 36.8 Å². The van der Waals surface area contributed by atoms with Crippen molar-refractivity contribution in [2.75, 3.05) is 11.9 Å². The first-order valence-electron chi connectivity index (χ1n) is 6.16. The van der Waals surface area contributed by atoms with Crippen molar-refractivity contribution in [2.45, 2.75) is 19.4 Å². The summed E-state index contributed by atoms with van der Waals surface area (Å²) in [4.78, 5) is 6.46. The number of para-hydroxylation sites is 1. The van der Waals surface area contributed by atoms with Gasteiger partial charge in [0.25, 0.3) is 0 Å². The van der Waals surface area contributed by atoms with Gasteiger partial charge in [0.2, 0.25) is 0 Å². The second-order valence-electron chi connectivity index (χ2n) is 4.60. The molecule has 0 bridgehead atoms. The second-order valence-corrected chi connectivity index (χ2v) is 4.60. The van der Waals surface area contributed by atoms with Crippen LogP contribution in [0.4, 0.5) is 5.69 Å². The Hall–Kier alpha value is -2.30. The normalized spacial score (nSPS) is 13.5. The molecule has 2 rings (SSSR count). The van der Waals surface area contributed by atoms with Gasteiger partial charge in [-0.05, 0) is 19.1 Å². The van der Waals surface area contributed by atoms with Crippen LogP contribution < -0.4 is 10.6 Å². The van der Waals surface area contributed by atoms with E-state index in [0.717, 1.165) is 16.6 Å².